The van der Waals surface area contributed by atoms with Crippen LogP contribution in [0.15, 0.2) is 73.1 Å². The van der Waals surface area contributed by atoms with Gasteiger partial charge in [0.05, 0.1) is 34.5 Å². The van der Waals surface area contributed by atoms with Crippen LogP contribution in [0.3, 0.4) is 0 Å². The summed E-state index contributed by atoms with van der Waals surface area (Å²) in [6.45, 7) is 4.10. The van der Waals surface area contributed by atoms with Crippen LogP contribution in [0.5, 0.6) is 0 Å². The van der Waals surface area contributed by atoms with Crippen LogP contribution in [-0.2, 0) is 9.59 Å². The largest absolute Gasteiger partial charge is 0.354 e. The minimum atomic E-state index is -0.227. The fraction of sp³-hybridized carbons (Fsp3) is 0.226. The number of hydrogen-bond acceptors (Lipinski definition) is 7. The predicted molar refractivity (Wildman–Crippen MR) is 164 cm³/mol. The van der Waals surface area contributed by atoms with E-state index in [1.807, 2.05) is 48.5 Å². The smallest absolute Gasteiger partial charge is 0.258 e. The lowest BCUT2D eigenvalue weighted by Gasteiger charge is -2.32. The maximum atomic E-state index is 13.3. The van der Waals surface area contributed by atoms with Gasteiger partial charge in [-0.1, -0.05) is 23.7 Å². The van der Waals surface area contributed by atoms with E-state index in [1.54, 1.807) is 36.5 Å². The third kappa shape index (κ3) is 5.65. The van der Waals surface area contributed by atoms with Gasteiger partial charge in [-0.15, -0.1) is 0 Å². The molecule has 1 aromatic heterocycles. The quantitative estimate of drug-likeness (QED) is 0.333. The number of halogens is 1. The summed E-state index contributed by atoms with van der Waals surface area (Å²) in [5.74, 6) is -0.178. The molecule has 0 unspecified atom stereocenters. The fourth-order valence-electron chi connectivity index (χ4n) is 5.15. The van der Waals surface area contributed by atoms with Gasteiger partial charge in [0.25, 0.3) is 5.91 Å². The lowest BCUT2D eigenvalue weighted by atomic mass is 9.99. The second-order valence-corrected chi connectivity index (χ2v) is 10.8. The van der Waals surface area contributed by atoms with Gasteiger partial charge < -0.3 is 20.4 Å². The zero-order valence-electron chi connectivity index (χ0n) is 22.9. The molecule has 0 aliphatic carbocycles. The molecular weight excluding hydrogens is 538 g/mol. The van der Waals surface area contributed by atoms with Crippen molar-refractivity contribution < 1.29 is 9.59 Å². The number of anilines is 3. The molecule has 0 atom stereocenters. The van der Waals surface area contributed by atoms with Gasteiger partial charge in [0.1, 0.15) is 0 Å². The Hall–Kier alpha value is -4.31. The van der Waals surface area contributed by atoms with Crippen LogP contribution in [-0.4, -0.2) is 78.4 Å². The number of amides is 2. The number of likely N-dealkylation sites (N-methyl/N-ethyl adjacent to an activating group) is 2. The highest BCUT2D eigenvalue weighted by atomic mass is 35.5. The van der Waals surface area contributed by atoms with Gasteiger partial charge in [0, 0.05) is 73.1 Å². The Balaban J connectivity index is 1.30. The van der Waals surface area contributed by atoms with Gasteiger partial charge in [-0.3, -0.25) is 24.5 Å². The summed E-state index contributed by atoms with van der Waals surface area (Å²) in [7, 11) is 3.90. The van der Waals surface area contributed by atoms with Crippen molar-refractivity contribution in [3.63, 3.8) is 0 Å². The number of carbonyl (C=O) groups excluding carboxylic acids is 2. The molecule has 2 aliphatic heterocycles. The zero-order chi connectivity index (χ0) is 28.5. The van der Waals surface area contributed by atoms with Crippen LogP contribution in [0, 0.1) is 0 Å². The lowest BCUT2D eigenvalue weighted by Crippen LogP contribution is -2.48. The summed E-state index contributed by atoms with van der Waals surface area (Å²) in [6, 6.07) is 18.7. The Kier molecular flexibility index (Phi) is 7.40. The molecule has 10 heteroatoms. The molecule has 0 radical (unpaired) electrons. The number of benzene rings is 3. The van der Waals surface area contributed by atoms with Crippen molar-refractivity contribution in [1.29, 1.82) is 0 Å². The number of hydrogen-bond donors (Lipinski definition) is 2. The third-order valence-corrected chi connectivity index (χ3v) is 7.82. The first kappa shape index (κ1) is 26.9. The van der Waals surface area contributed by atoms with E-state index in [1.165, 1.54) is 0 Å². The van der Waals surface area contributed by atoms with Gasteiger partial charge in [-0.05, 0) is 55.6 Å². The summed E-state index contributed by atoms with van der Waals surface area (Å²) >= 11 is 6.20. The highest BCUT2D eigenvalue weighted by molar-refractivity contribution is 6.38. The standard InChI is InChI=1S/C31H30ClN7O2/c1-37-13-15-39(16-14-37)19-28(40)38(2)23-7-5-22(6-8-23)35-30(20-3-10-25-27(17-20)34-12-11-33-25)29-24-9-4-21(32)18-26(24)36-31(29)41/h3-12,17-18,35H,13-16,19H2,1-2H3,(H,36,41)/b30-29-. The summed E-state index contributed by atoms with van der Waals surface area (Å²) < 4.78 is 0. The minimum absolute atomic E-state index is 0.0493. The maximum absolute atomic E-state index is 13.3. The average Bonchev–Trinajstić information content (AvgIpc) is 3.31. The van der Waals surface area contributed by atoms with Gasteiger partial charge in [-0.25, -0.2) is 0 Å². The maximum Gasteiger partial charge on any atom is 0.258 e. The summed E-state index contributed by atoms with van der Waals surface area (Å²) in [5, 5.41) is 6.95. The molecule has 0 bridgehead atoms. The average molecular weight is 568 g/mol. The molecule has 41 heavy (non-hydrogen) atoms. The molecule has 0 saturated carbocycles. The summed E-state index contributed by atoms with van der Waals surface area (Å²) in [6.07, 6.45) is 3.30. The van der Waals surface area contributed by atoms with E-state index in [0.29, 0.717) is 28.5 Å². The first-order valence-electron chi connectivity index (χ1n) is 13.5. The Morgan fingerprint density at radius 2 is 1.71 bits per heavy atom. The number of piperazine rings is 1. The monoisotopic (exact) mass is 567 g/mol. The van der Waals surface area contributed by atoms with E-state index in [-0.39, 0.29) is 11.8 Å². The van der Waals surface area contributed by atoms with E-state index >= 15 is 0 Å². The van der Waals surface area contributed by atoms with E-state index < -0.39 is 0 Å². The van der Waals surface area contributed by atoms with E-state index in [4.69, 9.17) is 11.6 Å². The number of fused-ring (bicyclic) bond motifs is 2. The second-order valence-electron chi connectivity index (χ2n) is 10.4. The van der Waals surface area contributed by atoms with Crippen LogP contribution >= 0.6 is 11.6 Å². The van der Waals surface area contributed by atoms with Crippen molar-refractivity contribution in [2.75, 3.05) is 62.4 Å². The number of nitrogens with zero attached hydrogens (tertiary/aromatic N) is 5. The van der Waals surface area contributed by atoms with Crippen molar-refractivity contribution in [3.05, 3.63) is 89.2 Å². The Morgan fingerprint density at radius 3 is 2.46 bits per heavy atom. The van der Waals surface area contributed by atoms with Crippen molar-refractivity contribution in [3.8, 4) is 0 Å². The Morgan fingerprint density at radius 1 is 0.976 bits per heavy atom. The predicted octanol–water partition coefficient (Wildman–Crippen LogP) is 4.43. The lowest BCUT2D eigenvalue weighted by molar-refractivity contribution is -0.119. The van der Waals surface area contributed by atoms with E-state index in [9.17, 15) is 9.59 Å². The van der Waals surface area contributed by atoms with E-state index in [0.717, 1.165) is 59.7 Å². The van der Waals surface area contributed by atoms with Gasteiger partial charge in [0.15, 0.2) is 0 Å². The molecule has 0 spiro atoms. The number of aromatic nitrogens is 2. The van der Waals surface area contributed by atoms with Crippen LogP contribution in [0.2, 0.25) is 5.02 Å². The molecule has 4 aromatic rings. The number of carbonyl (C=O) groups is 2. The normalized spacial score (nSPS) is 16.8. The first-order chi connectivity index (χ1) is 19.9. The SMILES string of the molecule is CN1CCN(CC(=O)N(C)c2ccc(N/C(=C3\C(=O)Nc4cc(Cl)ccc43)c3ccc4nccnc4c3)cc2)CC1. The first-order valence-corrected chi connectivity index (χ1v) is 13.8. The molecule has 3 aromatic carbocycles. The topological polar surface area (TPSA) is 93.7 Å². The zero-order valence-corrected chi connectivity index (χ0v) is 23.7. The highest BCUT2D eigenvalue weighted by Gasteiger charge is 2.29. The fourth-order valence-corrected chi connectivity index (χ4v) is 5.32. The van der Waals surface area contributed by atoms with Gasteiger partial charge in [-0.2, -0.15) is 0 Å². The van der Waals surface area contributed by atoms with Crippen LogP contribution in [0.25, 0.3) is 22.3 Å². The van der Waals surface area contributed by atoms with Crippen LogP contribution < -0.4 is 15.5 Å². The molecule has 2 N–H and O–H groups in total. The highest BCUT2D eigenvalue weighted by Crippen LogP contribution is 2.39. The Bertz CT molecular complexity index is 1660. The number of rotatable bonds is 6. The van der Waals surface area contributed by atoms with Gasteiger partial charge >= 0.3 is 0 Å². The van der Waals surface area contributed by atoms with Crippen LogP contribution in [0.4, 0.5) is 17.1 Å². The molecule has 1 fully saturated rings. The molecule has 6 rings (SSSR count). The molecule has 208 valence electrons. The van der Waals surface area contributed by atoms with Crippen molar-refractivity contribution in [2.24, 2.45) is 0 Å². The van der Waals surface area contributed by atoms with Crippen LogP contribution in [0.1, 0.15) is 11.1 Å². The molecule has 2 amide bonds. The van der Waals surface area contributed by atoms with E-state index in [2.05, 4.69) is 37.4 Å². The van der Waals surface area contributed by atoms with Crippen molar-refractivity contribution >= 4 is 62.8 Å². The molecular formula is C31H30ClN7O2. The molecule has 3 heterocycles. The Labute approximate surface area is 243 Å². The molecule has 2 aliphatic rings. The third-order valence-electron chi connectivity index (χ3n) is 7.59. The van der Waals surface area contributed by atoms with Crippen molar-refractivity contribution in [2.45, 2.75) is 0 Å². The molecule has 1 saturated heterocycles. The summed E-state index contributed by atoms with van der Waals surface area (Å²) in [5.41, 5.74) is 6.38. The molecule has 9 nitrogen and oxygen atoms in total. The second kappa shape index (κ2) is 11.3. The van der Waals surface area contributed by atoms with Gasteiger partial charge in [0.2, 0.25) is 5.91 Å². The minimum Gasteiger partial charge on any atom is -0.354 e. The summed E-state index contributed by atoms with van der Waals surface area (Å²) in [4.78, 5) is 41.2. The number of nitrogens with one attached hydrogen (secondary N) is 2. The van der Waals surface area contributed by atoms with Crippen molar-refractivity contribution in [1.82, 2.24) is 19.8 Å².